The molecule has 0 aliphatic heterocycles. The van der Waals surface area contributed by atoms with Crippen molar-refractivity contribution in [2.24, 2.45) is 0 Å². The van der Waals surface area contributed by atoms with Gasteiger partial charge in [0.1, 0.15) is 6.20 Å². The second kappa shape index (κ2) is 4.39. The van der Waals surface area contributed by atoms with Crippen LogP contribution in [0.15, 0.2) is 18.7 Å². The third-order valence-electron chi connectivity index (χ3n) is 2.57. The molecule has 4 heteroatoms. The zero-order chi connectivity index (χ0) is 8.97. The van der Waals surface area contributed by atoms with Crippen molar-refractivity contribution in [1.82, 2.24) is 4.48 Å². The number of aromatic nitrogens is 2. The predicted octanol–water partition coefficient (Wildman–Crippen LogP) is 0.635. The molecule has 0 aromatic carbocycles. The van der Waals surface area contributed by atoms with Crippen LogP contribution in [0.2, 0.25) is 19.5 Å². The SMILES string of the molecule is CC[BH2-][n+]1ccn(B(C)CC)c1. The Morgan fingerprint density at radius 3 is 2.83 bits per heavy atom. The van der Waals surface area contributed by atoms with Gasteiger partial charge in [0.25, 0.3) is 0 Å². The third kappa shape index (κ3) is 2.16. The first kappa shape index (κ1) is 9.43. The van der Waals surface area contributed by atoms with Gasteiger partial charge < -0.3 is 8.96 Å². The van der Waals surface area contributed by atoms with Crippen molar-refractivity contribution < 1.29 is 4.48 Å². The van der Waals surface area contributed by atoms with Gasteiger partial charge in [-0.2, -0.15) is 0 Å². The summed E-state index contributed by atoms with van der Waals surface area (Å²) in [4.78, 5) is 0. The molecule has 0 saturated heterocycles. The van der Waals surface area contributed by atoms with Crippen molar-refractivity contribution in [2.45, 2.75) is 33.3 Å². The van der Waals surface area contributed by atoms with Crippen LogP contribution in [0, 0.1) is 0 Å². The topological polar surface area (TPSA) is 8.81 Å². The average molecular weight is 164 g/mol. The van der Waals surface area contributed by atoms with Gasteiger partial charge in [-0.25, -0.2) is 0 Å². The largest absolute Gasteiger partial charge is 0.443 e. The molecule has 2 nitrogen and oxygen atoms in total. The van der Waals surface area contributed by atoms with Crippen LogP contribution in [0.3, 0.4) is 0 Å². The smallest absolute Gasteiger partial charge is 0.373 e. The molecular formula is C8H18B2N2. The van der Waals surface area contributed by atoms with Gasteiger partial charge in [-0.05, 0) is 13.1 Å². The van der Waals surface area contributed by atoms with E-state index in [9.17, 15) is 0 Å². The van der Waals surface area contributed by atoms with Gasteiger partial charge in [-0.15, -0.1) is 6.32 Å². The summed E-state index contributed by atoms with van der Waals surface area (Å²) < 4.78 is 4.67. The van der Waals surface area contributed by atoms with E-state index in [2.05, 4.69) is 48.3 Å². The molecule has 1 aromatic heterocycles. The van der Waals surface area contributed by atoms with Crippen molar-refractivity contribution in [1.29, 1.82) is 0 Å². The summed E-state index contributed by atoms with van der Waals surface area (Å²) >= 11 is 0. The molecule has 0 unspecified atom stereocenters. The number of nitrogens with zero attached hydrogens (tertiary/aromatic N) is 2. The second-order valence-corrected chi connectivity index (χ2v) is 3.81. The molecule has 1 rings (SSSR count). The summed E-state index contributed by atoms with van der Waals surface area (Å²) in [5.41, 5.74) is 0. The Balaban J connectivity index is 2.63. The van der Waals surface area contributed by atoms with Crippen LogP contribution in [-0.4, -0.2) is 18.7 Å². The predicted molar refractivity (Wildman–Crippen MR) is 56.5 cm³/mol. The molecule has 0 spiro atoms. The van der Waals surface area contributed by atoms with E-state index >= 15 is 0 Å². The van der Waals surface area contributed by atoms with Gasteiger partial charge in [0.15, 0.2) is 13.7 Å². The molecular weight excluding hydrogens is 146 g/mol. The summed E-state index contributed by atoms with van der Waals surface area (Å²) in [6, 6.07) is 0. The van der Waals surface area contributed by atoms with E-state index in [1.807, 2.05) is 0 Å². The lowest BCUT2D eigenvalue weighted by molar-refractivity contribution is -0.528. The van der Waals surface area contributed by atoms with Crippen LogP contribution in [0.5, 0.6) is 0 Å². The second-order valence-electron chi connectivity index (χ2n) is 3.81. The lowest BCUT2D eigenvalue weighted by Gasteiger charge is -2.00. The number of imidazole rings is 1. The molecule has 0 amide bonds. The Labute approximate surface area is 76.0 Å². The highest BCUT2D eigenvalue weighted by Crippen LogP contribution is 1.94. The quantitative estimate of drug-likeness (QED) is 0.577. The maximum absolute atomic E-state index is 2.37. The van der Waals surface area contributed by atoms with Gasteiger partial charge in [-0.1, -0.05) is 13.8 Å². The van der Waals surface area contributed by atoms with Crippen LogP contribution < -0.4 is 4.48 Å². The Morgan fingerprint density at radius 1 is 1.50 bits per heavy atom. The normalized spacial score (nSPS) is 10.2. The van der Waals surface area contributed by atoms with Crippen LogP contribution in [0.25, 0.3) is 0 Å². The molecule has 0 atom stereocenters. The maximum atomic E-state index is 2.37. The fraction of sp³-hybridized carbons (Fsp3) is 0.625. The zero-order valence-corrected chi connectivity index (χ0v) is 8.62. The first-order valence-corrected chi connectivity index (χ1v) is 5.18. The van der Waals surface area contributed by atoms with Crippen LogP contribution >= 0.6 is 0 Å². The highest BCUT2D eigenvalue weighted by molar-refractivity contribution is 6.55. The molecule has 0 saturated carbocycles. The van der Waals surface area contributed by atoms with Crippen molar-refractivity contribution in [2.75, 3.05) is 0 Å². The molecule has 1 heterocycles. The number of rotatable bonds is 4. The Hall–Kier alpha value is -0.660. The molecule has 12 heavy (non-hydrogen) atoms. The molecule has 0 radical (unpaired) electrons. The van der Waals surface area contributed by atoms with E-state index < -0.39 is 0 Å². The van der Waals surface area contributed by atoms with Crippen LogP contribution in [0.1, 0.15) is 13.8 Å². The van der Waals surface area contributed by atoms with E-state index in [1.165, 1.54) is 12.6 Å². The van der Waals surface area contributed by atoms with Gasteiger partial charge in [0.05, 0.1) is 6.20 Å². The molecule has 0 bridgehead atoms. The zero-order valence-electron chi connectivity index (χ0n) is 8.62. The van der Waals surface area contributed by atoms with E-state index in [1.54, 1.807) is 0 Å². The number of hydrogen-bond acceptors (Lipinski definition) is 0. The van der Waals surface area contributed by atoms with E-state index in [-0.39, 0.29) is 7.41 Å². The van der Waals surface area contributed by atoms with E-state index in [4.69, 9.17) is 0 Å². The third-order valence-corrected chi connectivity index (χ3v) is 2.57. The standard InChI is InChI=1S/C8H18B2N2/c1-4-9-11-6-7-12(8-11)10(3)5-2/h6-8H,4-5,9H2,1-3H3. The fourth-order valence-electron chi connectivity index (χ4n) is 1.49. The van der Waals surface area contributed by atoms with Crippen molar-refractivity contribution in [3.05, 3.63) is 18.7 Å². The van der Waals surface area contributed by atoms with Crippen molar-refractivity contribution in [3.63, 3.8) is 0 Å². The van der Waals surface area contributed by atoms with E-state index in [0.29, 0.717) is 6.85 Å². The molecule has 0 N–H and O–H groups in total. The Kier molecular flexibility index (Phi) is 3.45. The number of hydrogen-bond donors (Lipinski definition) is 0. The van der Waals surface area contributed by atoms with Gasteiger partial charge in [-0.3, -0.25) is 0 Å². The molecule has 0 aliphatic carbocycles. The highest BCUT2D eigenvalue weighted by Gasteiger charge is 2.12. The maximum Gasteiger partial charge on any atom is 0.373 e. The van der Waals surface area contributed by atoms with Crippen molar-refractivity contribution in [3.8, 4) is 0 Å². The molecule has 0 fully saturated rings. The van der Waals surface area contributed by atoms with Crippen LogP contribution in [0.4, 0.5) is 0 Å². The summed E-state index contributed by atoms with van der Waals surface area (Å²) in [5, 5.41) is 0. The average Bonchev–Trinajstić information content (AvgIpc) is 2.52. The lowest BCUT2D eigenvalue weighted by atomic mass is 9.62. The summed E-state index contributed by atoms with van der Waals surface area (Å²) in [6.45, 7) is 7.39. The van der Waals surface area contributed by atoms with E-state index in [0.717, 1.165) is 0 Å². The lowest BCUT2D eigenvalue weighted by Crippen LogP contribution is -2.37. The highest BCUT2D eigenvalue weighted by atomic mass is 15.0. The fourth-order valence-corrected chi connectivity index (χ4v) is 1.49. The molecule has 0 aliphatic rings. The van der Waals surface area contributed by atoms with Crippen LogP contribution in [-0.2, 0) is 0 Å². The molecule has 66 valence electrons. The Morgan fingerprint density at radius 2 is 2.25 bits per heavy atom. The summed E-state index contributed by atoms with van der Waals surface area (Å²) in [5.74, 6) is 0. The van der Waals surface area contributed by atoms with Crippen molar-refractivity contribution >= 4 is 14.3 Å². The summed E-state index contributed by atoms with van der Waals surface area (Å²) in [7, 11) is 0.0913. The minimum Gasteiger partial charge on any atom is -0.443 e. The van der Waals surface area contributed by atoms with Gasteiger partial charge >= 0.3 is 6.85 Å². The summed E-state index contributed by atoms with van der Waals surface area (Å²) in [6.07, 6.45) is 9.18. The molecule has 1 aromatic rings. The van der Waals surface area contributed by atoms with Gasteiger partial charge in [0.2, 0.25) is 0 Å². The minimum atomic E-state index is 0.0913. The monoisotopic (exact) mass is 164 g/mol. The van der Waals surface area contributed by atoms with Gasteiger partial charge in [0, 0.05) is 0 Å². The Bertz CT molecular complexity index is 235. The first-order valence-electron chi connectivity index (χ1n) is 5.18. The first-order chi connectivity index (χ1) is 5.77. The minimum absolute atomic E-state index is 0.0913.